The van der Waals surface area contributed by atoms with Gasteiger partial charge in [0.2, 0.25) is 5.69 Å². The summed E-state index contributed by atoms with van der Waals surface area (Å²) in [5.74, 6) is 0. The summed E-state index contributed by atoms with van der Waals surface area (Å²) in [6.07, 6.45) is 1.96. The van der Waals surface area contributed by atoms with E-state index in [1.807, 2.05) is 35.0 Å². The van der Waals surface area contributed by atoms with Crippen LogP contribution in [0.2, 0.25) is 0 Å². The number of aryl methyl sites for hydroxylation is 3. The molecule has 4 aromatic rings. The lowest BCUT2D eigenvalue weighted by Crippen LogP contribution is -2.40. The standard InChI is InChI=1S/C27H25N5/c1-19-10-14-22(15-11-19)29-30-26-25-24(9-6-18-28-25)31-32(23-16-12-20(2)13-17-23)27(26)21-7-4-3-5-8-21/h3-5,7-8,10-17H,6,9,18H2,1-2H3/p+1. The third kappa shape index (κ3) is 4.02. The number of rotatable bonds is 4. The Hall–Kier alpha value is -3.86. The van der Waals surface area contributed by atoms with Crippen molar-refractivity contribution in [2.24, 2.45) is 10.2 Å². The molecule has 0 atom stereocenters. The van der Waals surface area contributed by atoms with E-state index < -0.39 is 0 Å². The van der Waals surface area contributed by atoms with Crippen molar-refractivity contribution in [3.63, 3.8) is 0 Å². The largest absolute Gasteiger partial charge is 0.381 e. The molecule has 158 valence electrons. The quantitative estimate of drug-likeness (QED) is 0.306. The lowest BCUT2D eigenvalue weighted by atomic mass is 10.0. The Morgan fingerprint density at radius 3 is 2.22 bits per heavy atom. The molecule has 0 radical (unpaired) electrons. The minimum atomic E-state index is 0.821. The number of nitrogens with one attached hydrogen (secondary N) is 1. The van der Waals surface area contributed by atoms with E-state index in [4.69, 9.17) is 10.2 Å². The van der Waals surface area contributed by atoms with Gasteiger partial charge in [-0.2, -0.15) is 5.11 Å². The van der Waals surface area contributed by atoms with Crippen LogP contribution in [0.4, 0.5) is 17.1 Å². The fourth-order valence-corrected chi connectivity index (χ4v) is 3.95. The maximum absolute atomic E-state index is 5.07. The van der Waals surface area contributed by atoms with Crippen LogP contribution in [0.25, 0.3) is 16.9 Å². The van der Waals surface area contributed by atoms with Gasteiger partial charge in [0.25, 0.3) is 5.69 Å². The summed E-state index contributed by atoms with van der Waals surface area (Å²) in [6.45, 7) is 5.07. The average Bonchev–Trinajstić information content (AvgIpc) is 2.84. The fraction of sp³-hybridized carbons (Fsp3) is 0.185. The molecule has 1 aromatic heterocycles. The van der Waals surface area contributed by atoms with E-state index >= 15 is 0 Å². The Kier molecular flexibility index (Phi) is 5.46. The van der Waals surface area contributed by atoms with Gasteiger partial charge in [-0.1, -0.05) is 53.6 Å². The molecule has 3 aromatic carbocycles. The van der Waals surface area contributed by atoms with Gasteiger partial charge in [-0.25, -0.2) is 0 Å². The topological polar surface area (TPSA) is 53.5 Å². The highest BCUT2D eigenvalue weighted by Crippen LogP contribution is 2.39. The molecule has 32 heavy (non-hydrogen) atoms. The van der Waals surface area contributed by atoms with Crippen LogP contribution in [0.3, 0.4) is 0 Å². The third-order valence-corrected chi connectivity index (χ3v) is 5.70. The number of nitrogens with zero attached hydrogens (tertiary/aromatic N) is 4. The van der Waals surface area contributed by atoms with Crippen LogP contribution in [0.1, 0.15) is 23.2 Å². The molecule has 1 aliphatic heterocycles. The Morgan fingerprint density at radius 1 is 0.812 bits per heavy atom. The Labute approximate surface area is 188 Å². The molecule has 0 saturated carbocycles. The summed E-state index contributed by atoms with van der Waals surface area (Å²) in [4.78, 5) is 0. The van der Waals surface area contributed by atoms with E-state index in [9.17, 15) is 0 Å². The smallest absolute Gasteiger partial charge is 0.275 e. The summed E-state index contributed by atoms with van der Waals surface area (Å²) in [7, 11) is 0. The second-order valence-electron chi connectivity index (χ2n) is 8.20. The Morgan fingerprint density at radius 2 is 1.50 bits per heavy atom. The molecule has 0 fully saturated rings. The first-order chi connectivity index (χ1) is 15.7. The van der Waals surface area contributed by atoms with Crippen molar-refractivity contribution in [3.05, 3.63) is 95.7 Å². The van der Waals surface area contributed by atoms with Crippen LogP contribution in [-0.4, -0.2) is 11.6 Å². The predicted molar refractivity (Wildman–Crippen MR) is 128 cm³/mol. The maximum Gasteiger partial charge on any atom is 0.275 e. The van der Waals surface area contributed by atoms with Crippen molar-refractivity contribution in [1.82, 2.24) is 5.10 Å². The zero-order valence-electron chi connectivity index (χ0n) is 18.4. The summed E-state index contributed by atoms with van der Waals surface area (Å²) >= 11 is 0. The highest BCUT2D eigenvalue weighted by Gasteiger charge is 2.31. The first kappa shape index (κ1) is 20.1. The van der Waals surface area contributed by atoms with Gasteiger partial charge < -0.3 is 5.32 Å². The molecule has 0 amide bonds. The van der Waals surface area contributed by atoms with Gasteiger partial charge in [-0.05, 0) is 55.6 Å². The highest BCUT2D eigenvalue weighted by atomic mass is 15.3. The van der Waals surface area contributed by atoms with E-state index in [-0.39, 0.29) is 0 Å². The van der Waals surface area contributed by atoms with Crippen LogP contribution in [0, 0.1) is 13.8 Å². The van der Waals surface area contributed by atoms with Crippen LogP contribution >= 0.6 is 0 Å². The Balaban J connectivity index is 1.76. The van der Waals surface area contributed by atoms with Gasteiger partial charge >= 0.3 is 0 Å². The zero-order valence-corrected chi connectivity index (χ0v) is 18.4. The van der Waals surface area contributed by atoms with Gasteiger partial charge in [-0.15, -0.1) is 5.11 Å². The Bertz CT molecular complexity index is 1260. The number of anilines is 1. The van der Waals surface area contributed by atoms with Crippen molar-refractivity contribution in [2.75, 3.05) is 11.9 Å². The number of fused-ring (bicyclic) bond motifs is 1. The molecular weight excluding hydrogens is 394 g/mol. The predicted octanol–water partition coefficient (Wildman–Crippen LogP) is 6.42. The molecular formula is C27H26N5+. The van der Waals surface area contributed by atoms with Crippen LogP contribution in [0.15, 0.2) is 89.1 Å². The average molecular weight is 421 g/mol. The second-order valence-corrected chi connectivity index (χ2v) is 8.20. The molecule has 1 N–H and O–H groups in total. The molecule has 5 heteroatoms. The molecule has 1 aliphatic rings. The van der Waals surface area contributed by atoms with Crippen molar-refractivity contribution < 1.29 is 4.68 Å². The summed E-state index contributed by atoms with van der Waals surface area (Å²) < 4.78 is 2.02. The number of azo groups is 1. The van der Waals surface area contributed by atoms with Crippen molar-refractivity contribution in [2.45, 2.75) is 26.7 Å². The van der Waals surface area contributed by atoms with Crippen LogP contribution < -0.4 is 10.00 Å². The van der Waals surface area contributed by atoms with Gasteiger partial charge in [0.05, 0.1) is 16.9 Å². The lowest BCUT2D eigenvalue weighted by molar-refractivity contribution is -0.648. The highest BCUT2D eigenvalue weighted by molar-refractivity contribution is 5.81. The summed E-state index contributed by atoms with van der Waals surface area (Å²) in [6, 6.07) is 26.9. The molecule has 0 bridgehead atoms. The molecule has 5 nitrogen and oxygen atoms in total. The van der Waals surface area contributed by atoms with E-state index in [0.717, 1.165) is 59.1 Å². The van der Waals surface area contributed by atoms with E-state index in [1.54, 1.807) is 0 Å². The summed E-state index contributed by atoms with van der Waals surface area (Å²) in [5, 5.41) is 18.0. The fourth-order valence-electron chi connectivity index (χ4n) is 3.95. The number of benzene rings is 3. The van der Waals surface area contributed by atoms with Crippen molar-refractivity contribution in [3.8, 4) is 16.9 Å². The molecule has 0 spiro atoms. The summed E-state index contributed by atoms with van der Waals surface area (Å²) in [5.41, 5.74) is 9.06. The minimum Gasteiger partial charge on any atom is -0.381 e. The SMILES string of the molecule is Cc1ccc(N=Nc2c3c(n[n+](-c4ccc(C)cc4)c2-c2ccccc2)CCCN3)cc1. The van der Waals surface area contributed by atoms with Crippen LogP contribution in [0.5, 0.6) is 0 Å². The van der Waals surface area contributed by atoms with E-state index in [2.05, 4.69) is 72.8 Å². The van der Waals surface area contributed by atoms with E-state index in [1.165, 1.54) is 11.1 Å². The van der Waals surface area contributed by atoms with Gasteiger partial charge in [0.1, 0.15) is 5.69 Å². The second kappa shape index (κ2) is 8.71. The molecule has 5 rings (SSSR count). The maximum atomic E-state index is 5.07. The minimum absolute atomic E-state index is 0.821. The molecule has 2 heterocycles. The lowest BCUT2D eigenvalue weighted by Gasteiger charge is -2.18. The molecule has 0 aliphatic carbocycles. The van der Waals surface area contributed by atoms with E-state index in [0.29, 0.717) is 0 Å². The number of aromatic nitrogens is 2. The zero-order chi connectivity index (χ0) is 21.9. The van der Waals surface area contributed by atoms with Gasteiger partial charge in [-0.3, -0.25) is 0 Å². The van der Waals surface area contributed by atoms with Gasteiger partial charge in [0.15, 0.2) is 5.69 Å². The molecule has 0 saturated heterocycles. The monoisotopic (exact) mass is 420 g/mol. The third-order valence-electron chi connectivity index (χ3n) is 5.70. The van der Waals surface area contributed by atoms with Crippen molar-refractivity contribution >= 4 is 17.1 Å². The first-order valence-corrected chi connectivity index (χ1v) is 11.0. The van der Waals surface area contributed by atoms with Crippen molar-refractivity contribution in [1.29, 1.82) is 0 Å². The number of hydrogen-bond acceptors (Lipinski definition) is 4. The normalized spacial score (nSPS) is 13.1. The number of hydrogen-bond donors (Lipinski definition) is 1. The van der Waals surface area contributed by atoms with Crippen LogP contribution in [-0.2, 0) is 6.42 Å². The first-order valence-electron chi connectivity index (χ1n) is 11.0. The molecule has 0 unspecified atom stereocenters. The van der Waals surface area contributed by atoms with Gasteiger partial charge in [0, 0.05) is 23.8 Å².